The van der Waals surface area contributed by atoms with Crippen LogP contribution in [0.3, 0.4) is 0 Å². The molecular weight excluding hydrogens is 212 g/mol. The minimum atomic E-state index is 0.220. The number of nitrogens with one attached hydrogen (secondary N) is 1. The van der Waals surface area contributed by atoms with Gasteiger partial charge in [0.1, 0.15) is 0 Å². The summed E-state index contributed by atoms with van der Waals surface area (Å²) in [6, 6.07) is 6.37. The maximum absolute atomic E-state index is 5.42. The molecule has 96 valence electrons. The molecule has 0 bridgehead atoms. The lowest BCUT2D eigenvalue weighted by Gasteiger charge is -2.30. The van der Waals surface area contributed by atoms with Crippen LogP contribution in [0.25, 0.3) is 0 Å². The molecule has 0 amide bonds. The predicted octanol–water partition coefficient (Wildman–Crippen LogP) is 2.66. The van der Waals surface area contributed by atoms with Crippen molar-refractivity contribution in [3.8, 4) is 5.88 Å². The summed E-state index contributed by atoms with van der Waals surface area (Å²) in [6.07, 6.45) is 0.918. The smallest absolute Gasteiger partial charge is 0.213 e. The summed E-state index contributed by atoms with van der Waals surface area (Å²) in [4.78, 5) is 4.50. The first kappa shape index (κ1) is 14.0. The third-order valence-electron chi connectivity index (χ3n) is 2.88. The van der Waals surface area contributed by atoms with E-state index in [4.69, 9.17) is 4.74 Å². The van der Waals surface area contributed by atoms with E-state index in [-0.39, 0.29) is 5.41 Å². The molecular formula is C14H24N2O. The zero-order valence-corrected chi connectivity index (χ0v) is 11.6. The molecule has 1 aromatic heterocycles. The Morgan fingerprint density at radius 2 is 2.06 bits per heavy atom. The average molecular weight is 236 g/mol. The van der Waals surface area contributed by atoms with E-state index in [1.807, 2.05) is 26.1 Å². The fraction of sp³-hybridized carbons (Fsp3) is 0.643. The molecule has 0 aliphatic carbocycles. The Bertz CT molecular complexity index is 344. The van der Waals surface area contributed by atoms with Crippen molar-refractivity contribution in [1.29, 1.82) is 0 Å². The van der Waals surface area contributed by atoms with Crippen LogP contribution in [-0.4, -0.2) is 24.7 Å². The highest BCUT2D eigenvalue weighted by Crippen LogP contribution is 2.22. The van der Waals surface area contributed by atoms with Crippen molar-refractivity contribution in [2.45, 2.75) is 40.2 Å². The summed E-state index contributed by atoms with van der Waals surface area (Å²) in [5.74, 6) is 0.716. The first-order chi connectivity index (χ1) is 7.97. The van der Waals surface area contributed by atoms with E-state index in [9.17, 15) is 0 Å². The molecule has 17 heavy (non-hydrogen) atoms. The summed E-state index contributed by atoms with van der Waals surface area (Å²) in [5.41, 5.74) is 1.29. The molecule has 0 aliphatic rings. The first-order valence-corrected chi connectivity index (χ1v) is 6.23. The minimum Gasteiger partial charge on any atom is -0.478 e. The van der Waals surface area contributed by atoms with Gasteiger partial charge in [0.25, 0.3) is 0 Å². The van der Waals surface area contributed by atoms with E-state index in [0.717, 1.165) is 12.1 Å². The van der Waals surface area contributed by atoms with Crippen molar-refractivity contribution >= 4 is 0 Å². The van der Waals surface area contributed by atoms with Gasteiger partial charge >= 0.3 is 0 Å². The van der Waals surface area contributed by atoms with Crippen LogP contribution in [0, 0.1) is 5.41 Å². The van der Waals surface area contributed by atoms with Gasteiger partial charge in [0, 0.05) is 24.2 Å². The van der Waals surface area contributed by atoms with Gasteiger partial charge in [-0.15, -0.1) is 0 Å². The number of ether oxygens (including phenoxy) is 1. The molecule has 0 radical (unpaired) electrons. The molecule has 0 aliphatic heterocycles. The fourth-order valence-corrected chi connectivity index (χ4v) is 1.85. The van der Waals surface area contributed by atoms with Crippen molar-refractivity contribution in [2.24, 2.45) is 5.41 Å². The third-order valence-corrected chi connectivity index (χ3v) is 2.88. The van der Waals surface area contributed by atoms with E-state index in [2.05, 4.69) is 37.1 Å². The lowest BCUT2D eigenvalue weighted by Crippen LogP contribution is -2.39. The van der Waals surface area contributed by atoms with Crippen molar-refractivity contribution < 1.29 is 4.74 Å². The number of rotatable bonds is 5. The molecule has 1 unspecified atom stereocenters. The van der Waals surface area contributed by atoms with Crippen LogP contribution >= 0.6 is 0 Å². The Morgan fingerprint density at radius 3 is 2.59 bits per heavy atom. The topological polar surface area (TPSA) is 34.1 Å². The van der Waals surface area contributed by atoms with Gasteiger partial charge < -0.3 is 10.1 Å². The molecule has 0 saturated carbocycles. The highest BCUT2D eigenvalue weighted by molar-refractivity contribution is 5.17. The summed E-state index contributed by atoms with van der Waals surface area (Å²) in [5, 5.41) is 3.36. The molecule has 0 fully saturated rings. The van der Waals surface area contributed by atoms with Crippen molar-refractivity contribution in [3.63, 3.8) is 0 Å². The van der Waals surface area contributed by atoms with Crippen molar-refractivity contribution in [1.82, 2.24) is 10.3 Å². The standard InChI is InChI=1S/C14H24N2O/c1-6-17-13-9-7-8-11(16-13)10-12(15-5)14(2,3)4/h7-9,12,15H,6,10H2,1-5H3. The van der Waals surface area contributed by atoms with E-state index in [1.54, 1.807) is 0 Å². The summed E-state index contributed by atoms with van der Waals surface area (Å²) < 4.78 is 5.42. The molecule has 0 saturated heterocycles. The second-order valence-corrected chi connectivity index (χ2v) is 5.31. The van der Waals surface area contributed by atoms with Gasteiger partial charge in [-0.05, 0) is 25.5 Å². The van der Waals surface area contributed by atoms with E-state index < -0.39 is 0 Å². The van der Waals surface area contributed by atoms with Gasteiger partial charge in [-0.2, -0.15) is 0 Å². The monoisotopic (exact) mass is 236 g/mol. The SMILES string of the molecule is CCOc1cccc(CC(NC)C(C)(C)C)n1. The molecule has 1 atom stereocenters. The second-order valence-electron chi connectivity index (χ2n) is 5.31. The van der Waals surface area contributed by atoms with Gasteiger partial charge in [0.05, 0.1) is 6.61 Å². The van der Waals surface area contributed by atoms with Gasteiger partial charge in [-0.3, -0.25) is 0 Å². The number of likely N-dealkylation sites (N-methyl/N-ethyl adjacent to an activating group) is 1. The number of hydrogen-bond acceptors (Lipinski definition) is 3. The van der Waals surface area contributed by atoms with Crippen LogP contribution < -0.4 is 10.1 Å². The minimum absolute atomic E-state index is 0.220. The lowest BCUT2D eigenvalue weighted by molar-refractivity contribution is 0.276. The van der Waals surface area contributed by atoms with Gasteiger partial charge in [0.2, 0.25) is 5.88 Å². The van der Waals surface area contributed by atoms with Gasteiger partial charge in [-0.1, -0.05) is 26.8 Å². The Hall–Kier alpha value is -1.09. The Labute approximate surface area is 105 Å². The number of pyridine rings is 1. The highest BCUT2D eigenvalue weighted by atomic mass is 16.5. The van der Waals surface area contributed by atoms with E-state index >= 15 is 0 Å². The third kappa shape index (κ3) is 4.35. The highest BCUT2D eigenvalue weighted by Gasteiger charge is 2.23. The Balaban J connectivity index is 2.76. The second kappa shape index (κ2) is 6.01. The van der Waals surface area contributed by atoms with Gasteiger partial charge in [0.15, 0.2) is 0 Å². The lowest BCUT2D eigenvalue weighted by atomic mass is 9.84. The zero-order chi connectivity index (χ0) is 12.9. The predicted molar refractivity (Wildman–Crippen MR) is 71.4 cm³/mol. The van der Waals surface area contributed by atoms with E-state index in [0.29, 0.717) is 18.5 Å². The van der Waals surface area contributed by atoms with Crippen LogP contribution in [0.4, 0.5) is 0 Å². The van der Waals surface area contributed by atoms with Crippen molar-refractivity contribution in [2.75, 3.05) is 13.7 Å². The molecule has 0 aromatic carbocycles. The first-order valence-electron chi connectivity index (χ1n) is 6.23. The zero-order valence-electron chi connectivity index (χ0n) is 11.6. The summed E-state index contributed by atoms with van der Waals surface area (Å²) in [7, 11) is 2.00. The van der Waals surface area contributed by atoms with Crippen LogP contribution in [0.2, 0.25) is 0 Å². The number of hydrogen-bond donors (Lipinski definition) is 1. The van der Waals surface area contributed by atoms with E-state index in [1.165, 1.54) is 0 Å². The maximum atomic E-state index is 5.42. The van der Waals surface area contributed by atoms with Gasteiger partial charge in [-0.25, -0.2) is 4.98 Å². The fourth-order valence-electron chi connectivity index (χ4n) is 1.85. The molecule has 1 rings (SSSR count). The molecule has 1 aromatic rings. The molecule has 0 spiro atoms. The average Bonchev–Trinajstić information content (AvgIpc) is 2.25. The number of aromatic nitrogens is 1. The molecule has 3 nitrogen and oxygen atoms in total. The Morgan fingerprint density at radius 1 is 1.35 bits per heavy atom. The van der Waals surface area contributed by atoms with Crippen LogP contribution in [0.1, 0.15) is 33.4 Å². The maximum Gasteiger partial charge on any atom is 0.213 e. The Kier molecular flexibility index (Phi) is 4.94. The molecule has 1 heterocycles. The quantitative estimate of drug-likeness (QED) is 0.853. The van der Waals surface area contributed by atoms with Crippen LogP contribution in [-0.2, 0) is 6.42 Å². The van der Waals surface area contributed by atoms with Crippen molar-refractivity contribution in [3.05, 3.63) is 23.9 Å². The van der Waals surface area contributed by atoms with Crippen LogP contribution in [0.15, 0.2) is 18.2 Å². The number of nitrogens with zero attached hydrogens (tertiary/aromatic N) is 1. The molecule has 3 heteroatoms. The largest absolute Gasteiger partial charge is 0.478 e. The normalized spacial score (nSPS) is 13.5. The molecule has 1 N–H and O–H groups in total. The summed E-state index contributed by atoms with van der Waals surface area (Å²) >= 11 is 0. The summed E-state index contributed by atoms with van der Waals surface area (Å²) in [6.45, 7) is 9.34. The van der Waals surface area contributed by atoms with Crippen LogP contribution in [0.5, 0.6) is 5.88 Å².